The van der Waals surface area contributed by atoms with Gasteiger partial charge in [-0.3, -0.25) is 9.59 Å². The van der Waals surface area contributed by atoms with E-state index >= 15 is 0 Å². The highest BCUT2D eigenvalue weighted by Crippen LogP contribution is 2.27. The zero-order valence-corrected chi connectivity index (χ0v) is 15.8. The zero-order chi connectivity index (χ0) is 18.6. The molecule has 1 N–H and O–H groups in total. The predicted molar refractivity (Wildman–Crippen MR) is 103 cm³/mol. The van der Waals surface area contributed by atoms with Gasteiger partial charge in [-0.1, -0.05) is 41.4 Å². The molecule has 0 heterocycles. The number of carbonyl (C=O) groups excluding carboxylic acids is 2. The topological polar surface area (TPSA) is 49.4 Å². The molecule has 0 aliphatic rings. The van der Waals surface area contributed by atoms with Gasteiger partial charge in [0.15, 0.2) is 0 Å². The minimum Gasteiger partial charge on any atom is -0.325 e. The minimum atomic E-state index is -0.179. The number of halogens is 1. The summed E-state index contributed by atoms with van der Waals surface area (Å²) in [7, 11) is 0. The summed E-state index contributed by atoms with van der Waals surface area (Å²) >= 11 is 6.05. The lowest BCUT2D eigenvalue weighted by molar-refractivity contribution is -0.117. The highest BCUT2D eigenvalue weighted by atomic mass is 35.5. The summed E-state index contributed by atoms with van der Waals surface area (Å²) in [6.45, 7) is 7.82. The van der Waals surface area contributed by atoms with Crippen molar-refractivity contribution in [1.29, 1.82) is 0 Å². The molecule has 2 rings (SSSR count). The van der Waals surface area contributed by atoms with Crippen molar-refractivity contribution in [2.24, 2.45) is 0 Å². The van der Waals surface area contributed by atoms with Gasteiger partial charge in [-0.2, -0.15) is 0 Å². The van der Waals surface area contributed by atoms with E-state index in [9.17, 15) is 9.59 Å². The van der Waals surface area contributed by atoms with Gasteiger partial charge >= 0.3 is 0 Å². The molecule has 2 amide bonds. The lowest BCUT2D eigenvalue weighted by Crippen LogP contribution is -2.33. The van der Waals surface area contributed by atoms with Crippen LogP contribution in [-0.2, 0) is 9.59 Å². The van der Waals surface area contributed by atoms with E-state index in [1.165, 1.54) is 6.92 Å². The third-order valence-electron chi connectivity index (χ3n) is 4.00. The molecule has 0 aromatic heterocycles. The Morgan fingerprint density at radius 1 is 1.08 bits per heavy atom. The van der Waals surface area contributed by atoms with E-state index in [0.29, 0.717) is 17.3 Å². The van der Waals surface area contributed by atoms with E-state index in [0.717, 1.165) is 22.4 Å². The maximum Gasteiger partial charge on any atom is 0.226 e. The van der Waals surface area contributed by atoms with Crippen LogP contribution in [-0.4, -0.2) is 18.4 Å². The van der Waals surface area contributed by atoms with Crippen molar-refractivity contribution in [2.75, 3.05) is 16.8 Å². The van der Waals surface area contributed by atoms with Gasteiger partial charge in [0.2, 0.25) is 11.8 Å². The summed E-state index contributed by atoms with van der Waals surface area (Å²) in [5.41, 5.74) is 4.66. The van der Waals surface area contributed by atoms with Crippen LogP contribution >= 0.6 is 11.6 Å². The van der Waals surface area contributed by atoms with Crippen molar-refractivity contribution in [1.82, 2.24) is 0 Å². The second-order valence-corrected chi connectivity index (χ2v) is 6.60. The van der Waals surface area contributed by atoms with Crippen LogP contribution < -0.4 is 10.2 Å². The van der Waals surface area contributed by atoms with Gasteiger partial charge in [0.25, 0.3) is 0 Å². The molecule has 0 aliphatic carbocycles. The number of hydrogen-bond donors (Lipinski definition) is 1. The lowest BCUT2D eigenvalue weighted by atomic mass is 10.0. The van der Waals surface area contributed by atoms with E-state index < -0.39 is 0 Å². The summed E-state index contributed by atoms with van der Waals surface area (Å²) in [5.74, 6) is -0.262. The standard InChI is InChI=1S/C20H23ClN2O2/c1-13-11-14(2)20(15(3)12-13)23(16(4)24)10-9-19(25)22-18-8-6-5-7-17(18)21/h5-8,11-12H,9-10H2,1-4H3,(H,22,25). The van der Waals surface area contributed by atoms with Crippen molar-refractivity contribution in [3.8, 4) is 0 Å². The van der Waals surface area contributed by atoms with E-state index in [2.05, 4.69) is 5.32 Å². The molecule has 0 spiro atoms. The number of hydrogen-bond acceptors (Lipinski definition) is 2. The number of benzene rings is 2. The number of para-hydroxylation sites is 1. The van der Waals surface area contributed by atoms with E-state index in [1.807, 2.05) is 39.0 Å². The molecular formula is C20H23ClN2O2. The summed E-state index contributed by atoms with van der Waals surface area (Å²) in [6, 6.07) is 11.2. The van der Waals surface area contributed by atoms with Crippen LogP contribution in [0.15, 0.2) is 36.4 Å². The number of rotatable bonds is 5. The van der Waals surface area contributed by atoms with Gasteiger partial charge in [0.1, 0.15) is 0 Å². The van der Waals surface area contributed by atoms with Crippen molar-refractivity contribution in [3.05, 3.63) is 58.1 Å². The van der Waals surface area contributed by atoms with Gasteiger partial charge in [-0.05, 0) is 44.0 Å². The Balaban J connectivity index is 2.12. The Morgan fingerprint density at radius 3 is 2.24 bits per heavy atom. The maximum absolute atomic E-state index is 12.2. The summed E-state index contributed by atoms with van der Waals surface area (Å²) < 4.78 is 0. The van der Waals surface area contributed by atoms with Crippen LogP contribution in [0, 0.1) is 20.8 Å². The third kappa shape index (κ3) is 4.83. The van der Waals surface area contributed by atoms with Crippen LogP contribution in [0.4, 0.5) is 11.4 Å². The number of nitrogens with zero attached hydrogens (tertiary/aromatic N) is 1. The first kappa shape index (κ1) is 19.0. The predicted octanol–water partition coefficient (Wildman–Crippen LogP) is 4.65. The summed E-state index contributed by atoms with van der Waals surface area (Å²) in [4.78, 5) is 26.0. The van der Waals surface area contributed by atoms with E-state index in [1.54, 1.807) is 23.1 Å². The highest BCUT2D eigenvalue weighted by molar-refractivity contribution is 6.33. The number of amides is 2. The zero-order valence-electron chi connectivity index (χ0n) is 15.0. The van der Waals surface area contributed by atoms with Crippen molar-refractivity contribution in [3.63, 3.8) is 0 Å². The number of anilines is 2. The first-order valence-electron chi connectivity index (χ1n) is 8.20. The molecule has 0 aliphatic heterocycles. The highest BCUT2D eigenvalue weighted by Gasteiger charge is 2.18. The Labute approximate surface area is 153 Å². The largest absolute Gasteiger partial charge is 0.325 e. The summed E-state index contributed by atoms with van der Waals surface area (Å²) in [6.07, 6.45) is 0.192. The first-order valence-corrected chi connectivity index (χ1v) is 8.57. The molecular weight excluding hydrogens is 336 g/mol. The number of carbonyl (C=O) groups is 2. The van der Waals surface area contributed by atoms with Crippen LogP contribution in [0.25, 0.3) is 0 Å². The molecule has 0 unspecified atom stereocenters. The maximum atomic E-state index is 12.2. The molecule has 2 aromatic rings. The van der Waals surface area contributed by atoms with Gasteiger partial charge in [0.05, 0.1) is 10.7 Å². The molecule has 4 nitrogen and oxygen atoms in total. The molecule has 0 saturated carbocycles. The quantitative estimate of drug-likeness (QED) is 0.845. The van der Waals surface area contributed by atoms with Crippen LogP contribution in [0.2, 0.25) is 5.02 Å². The number of aryl methyl sites for hydroxylation is 3. The Bertz CT molecular complexity index is 779. The van der Waals surface area contributed by atoms with Crippen LogP contribution in [0.1, 0.15) is 30.0 Å². The fourth-order valence-corrected chi connectivity index (χ4v) is 3.20. The Kier molecular flexibility index (Phi) is 6.21. The summed E-state index contributed by atoms with van der Waals surface area (Å²) in [5, 5.41) is 3.28. The SMILES string of the molecule is CC(=O)N(CCC(=O)Nc1ccccc1Cl)c1c(C)cc(C)cc1C. The molecule has 25 heavy (non-hydrogen) atoms. The number of nitrogens with one attached hydrogen (secondary N) is 1. The first-order chi connectivity index (χ1) is 11.8. The Morgan fingerprint density at radius 2 is 1.68 bits per heavy atom. The minimum absolute atomic E-state index is 0.0828. The van der Waals surface area contributed by atoms with Gasteiger partial charge < -0.3 is 10.2 Å². The second kappa shape index (κ2) is 8.17. The van der Waals surface area contributed by atoms with Crippen molar-refractivity contribution in [2.45, 2.75) is 34.1 Å². The molecule has 132 valence electrons. The van der Waals surface area contributed by atoms with Crippen molar-refractivity contribution >= 4 is 34.8 Å². The molecule has 5 heteroatoms. The fourth-order valence-electron chi connectivity index (χ4n) is 3.01. The molecule has 0 radical (unpaired) electrons. The van der Waals surface area contributed by atoms with Gasteiger partial charge in [-0.25, -0.2) is 0 Å². The molecule has 0 atom stereocenters. The second-order valence-electron chi connectivity index (χ2n) is 6.20. The lowest BCUT2D eigenvalue weighted by Gasteiger charge is -2.25. The van der Waals surface area contributed by atoms with Crippen LogP contribution in [0.3, 0.4) is 0 Å². The average molecular weight is 359 g/mol. The van der Waals surface area contributed by atoms with Gasteiger partial charge in [-0.15, -0.1) is 0 Å². The van der Waals surface area contributed by atoms with E-state index in [4.69, 9.17) is 11.6 Å². The monoisotopic (exact) mass is 358 g/mol. The smallest absolute Gasteiger partial charge is 0.226 e. The van der Waals surface area contributed by atoms with Crippen LogP contribution in [0.5, 0.6) is 0 Å². The normalized spacial score (nSPS) is 10.4. The molecule has 2 aromatic carbocycles. The van der Waals surface area contributed by atoms with Crippen molar-refractivity contribution < 1.29 is 9.59 Å². The van der Waals surface area contributed by atoms with Gasteiger partial charge in [0, 0.05) is 25.6 Å². The third-order valence-corrected chi connectivity index (χ3v) is 4.33. The Hall–Kier alpha value is -2.33. The average Bonchev–Trinajstić information content (AvgIpc) is 2.51. The fraction of sp³-hybridized carbons (Fsp3) is 0.300. The molecule has 0 bridgehead atoms. The van der Waals surface area contributed by atoms with E-state index in [-0.39, 0.29) is 18.2 Å². The molecule has 0 saturated heterocycles. The molecule has 0 fully saturated rings.